The maximum atomic E-state index is 10.9. The molecular formula is C6H10N4O2. The van der Waals surface area contributed by atoms with Crippen LogP contribution in [0.25, 0.3) is 0 Å². The molecule has 0 bridgehead atoms. The molecule has 0 saturated carbocycles. The van der Waals surface area contributed by atoms with Crippen molar-refractivity contribution < 1.29 is 9.53 Å². The van der Waals surface area contributed by atoms with Gasteiger partial charge in [0.2, 0.25) is 0 Å². The smallest absolute Gasteiger partial charge is 0.358 e. The monoisotopic (exact) mass is 170 g/mol. The van der Waals surface area contributed by atoms with Crippen LogP contribution in [0.3, 0.4) is 0 Å². The first-order valence-corrected chi connectivity index (χ1v) is 3.28. The fourth-order valence-corrected chi connectivity index (χ4v) is 0.807. The number of anilines is 1. The van der Waals surface area contributed by atoms with Crippen LogP contribution in [0.15, 0.2) is 6.07 Å². The van der Waals surface area contributed by atoms with Crippen molar-refractivity contribution in [2.45, 2.75) is 0 Å². The van der Waals surface area contributed by atoms with Crippen molar-refractivity contribution in [3.63, 3.8) is 0 Å². The van der Waals surface area contributed by atoms with Gasteiger partial charge in [-0.2, -0.15) is 5.10 Å². The summed E-state index contributed by atoms with van der Waals surface area (Å²) in [5.74, 6) is 5.21. The second-order valence-electron chi connectivity index (χ2n) is 2.17. The van der Waals surface area contributed by atoms with Gasteiger partial charge in [-0.3, -0.25) is 4.68 Å². The number of methoxy groups -OCH3 is 1. The number of esters is 1. The van der Waals surface area contributed by atoms with E-state index in [1.165, 1.54) is 17.9 Å². The van der Waals surface area contributed by atoms with Crippen molar-refractivity contribution >= 4 is 11.8 Å². The molecule has 0 saturated heterocycles. The molecule has 0 fully saturated rings. The molecule has 0 atom stereocenters. The molecule has 1 aromatic heterocycles. The highest BCUT2D eigenvalue weighted by atomic mass is 16.5. The summed E-state index contributed by atoms with van der Waals surface area (Å²) >= 11 is 0. The number of hydrogen-bond donors (Lipinski definition) is 2. The lowest BCUT2D eigenvalue weighted by Gasteiger charge is -1.95. The number of hydrogen-bond acceptors (Lipinski definition) is 5. The first kappa shape index (κ1) is 8.54. The third kappa shape index (κ3) is 1.37. The number of ether oxygens (including phenoxy) is 1. The second kappa shape index (κ2) is 3.22. The van der Waals surface area contributed by atoms with Gasteiger partial charge in [-0.05, 0) is 0 Å². The number of carbonyl (C=O) groups excluding carboxylic acids is 1. The van der Waals surface area contributed by atoms with Crippen LogP contribution in [-0.4, -0.2) is 22.9 Å². The molecular weight excluding hydrogens is 160 g/mol. The Hall–Kier alpha value is -1.56. The summed E-state index contributed by atoms with van der Waals surface area (Å²) in [4.78, 5) is 10.9. The van der Waals surface area contributed by atoms with Crippen molar-refractivity contribution in [1.29, 1.82) is 0 Å². The quantitative estimate of drug-likeness (QED) is 0.355. The largest absolute Gasteiger partial charge is 0.464 e. The zero-order chi connectivity index (χ0) is 9.14. The Morgan fingerprint density at radius 2 is 2.50 bits per heavy atom. The van der Waals surface area contributed by atoms with Crippen LogP contribution in [0.4, 0.5) is 5.82 Å². The maximum Gasteiger partial charge on any atom is 0.358 e. The van der Waals surface area contributed by atoms with Gasteiger partial charge in [-0.15, -0.1) is 0 Å². The molecule has 0 radical (unpaired) electrons. The molecule has 66 valence electrons. The number of nitrogens with zero attached hydrogens (tertiary/aromatic N) is 2. The van der Waals surface area contributed by atoms with E-state index in [0.717, 1.165) is 0 Å². The Bertz CT molecular complexity index is 294. The molecule has 0 aliphatic carbocycles. The van der Waals surface area contributed by atoms with Gasteiger partial charge in [0.25, 0.3) is 0 Å². The third-order valence-electron chi connectivity index (χ3n) is 1.42. The number of rotatable bonds is 2. The minimum Gasteiger partial charge on any atom is -0.464 e. The zero-order valence-electron chi connectivity index (χ0n) is 6.87. The predicted molar refractivity (Wildman–Crippen MR) is 42.4 cm³/mol. The fraction of sp³-hybridized carbons (Fsp3) is 0.333. The van der Waals surface area contributed by atoms with Crippen LogP contribution >= 0.6 is 0 Å². The highest BCUT2D eigenvalue weighted by Crippen LogP contribution is 2.07. The van der Waals surface area contributed by atoms with Crippen LogP contribution in [-0.2, 0) is 11.8 Å². The third-order valence-corrected chi connectivity index (χ3v) is 1.42. The van der Waals surface area contributed by atoms with Gasteiger partial charge in [0, 0.05) is 13.1 Å². The van der Waals surface area contributed by atoms with Gasteiger partial charge in [0.15, 0.2) is 5.69 Å². The summed E-state index contributed by atoms with van der Waals surface area (Å²) in [5.41, 5.74) is 2.62. The van der Waals surface area contributed by atoms with Gasteiger partial charge in [-0.1, -0.05) is 0 Å². The molecule has 1 heterocycles. The number of aryl methyl sites for hydroxylation is 1. The Morgan fingerprint density at radius 1 is 1.83 bits per heavy atom. The van der Waals surface area contributed by atoms with Crippen molar-refractivity contribution in [2.75, 3.05) is 12.5 Å². The van der Waals surface area contributed by atoms with Crippen molar-refractivity contribution in [2.24, 2.45) is 12.9 Å². The molecule has 0 amide bonds. The fourth-order valence-electron chi connectivity index (χ4n) is 0.807. The Balaban J connectivity index is 2.96. The van der Waals surface area contributed by atoms with E-state index in [1.807, 2.05) is 0 Å². The molecule has 3 N–H and O–H groups in total. The zero-order valence-corrected chi connectivity index (χ0v) is 6.87. The molecule has 0 spiro atoms. The Labute approximate surface area is 69.3 Å². The van der Waals surface area contributed by atoms with E-state index in [-0.39, 0.29) is 5.69 Å². The SMILES string of the molecule is COC(=O)c1cc(NN)n(C)n1. The number of aromatic nitrogens is 2. The van der Waals surface area contributed by atoms with Gasteiger partial charge in [0.05, 0.1) is 7.11 Å². The first-order chi connectivity index (χ1) is 5.69. The van der Waals surface area contributed by atoms with E-state index in [1.54, 1.807) is 7.05 Å². The topological polar surface area (TPSA) is 82.2 Å². The van der Waals surface area contributed by atoms with Crippen molar-refractivity contribution in [1.82, 2.24) is 9.78 Å². The van der Waals surface area contributed by atoms with E-state index in [4.69, 9.17) is 5.84 Å². The molecule has 6 heteroatoms. The summed E-state index contributed by atoms with van der Waals surface area (Å²) in [6.45, 7) is 0. The van der Waals surface area contributed by atoms with Crippen molar-refractivity contribution in [3.05, 3.63) is 11.8 Å². The van der Waals surface area contributed by atoms with Gasteiger partial charge in [-0.25, -0.2) is 10.6 Å². The van der Waals surface area contributed by atoms with Gasteiger partial charge in [0.1, 0.15) is 5.82 Å². The van der Waals surface area contributed by atoms with Crippen LogP contribution < -0.4 is 11.3 Å². The van der Waals surface area contributed by atoms with E-state index in [2.05, 4.69) is 15.3 Å². The lowest BCUT2D eigenvalue weighted by Crippen LogP contribution is -2.10. The lowest BCUT2D eigenvalue weighted by atomic mass is 10.4. The summed E-state index contributed by atoms with van der Waals surface area (Å²) in [5, 5.41) is 3.85. The minimum atomic E-state index is -0.480. The van der Waals surface area contributed by atoms with E-state index >= 15 is 0 Å². The standard InChI is InChI=1S/C6H10N4O2/c1-10-5(8-7)3-4(9-10)6(11)12-2/h3,8H,7H2,1-2H3. The van der Waals surface area contributed by atoms with Crippen LogP contribution in [0.1, 0.15) is 10.5 Å². The molecule has 0 aliphatic rings. The molecule has 12 heavy (non-hydrogen) atoms. The Morgan fingerprint density at radius 3 is 2.92 bits per heavy atom. The summed E-state index contributed by atoms with van der Waals surface area (Å²) in [7, 11) is 2.97. The number of hydrazine groups is 1. The molecule has 0 aromatic carbocycles. The number of nitrogen functional groups attached to an aromatic ring is 1. The molecule has 1 rings (SSSR count). The van der Waals surface area contributed by atoms with Crippen LogP contribution in [0.5, 0.6) is 0 Å². The van der Waals surface area contributed by atoms with E-state index in [0.29, 0.717) is 5.82 Å². The number of nitrogens with one attached hydrogen (secondary N) is 1. The van der Waals surface area contributed by atoms with Gasteiger partial charge >= 0.3 is 5.97 Å². The lowest BCUT2D eigenvalue weighted by molar-refractivity contribution is 0.0593. The average molecular weight is 170 g/mol. The molecule has 0 unspecified atom stereocenters. The van der Waals surface area contributed by atoms with Crippen LogP contribution in [0.2, 0.25) is 0 Å². The highest BCUT2D eigenvalue weighted by molar-refractivity contribution is 5.88. The molecule has 1 aromatic rings. The normalized spacial score (nSPS) is 9.58. The first-order valence-electron chi connectivity index (χ1n) is 3.28. The van der Waals surface area contributed by atoms with E-state index < -0.39 is 5.97 Å². The highest BCUT2D eigenvalue weighted by Gasteiger charge is 2.11. The van der Waals surface area contributed by atoms with Gasteiger partial charge < -0.3 is 10.2 Å². The Kier molecular flexibility index (Phi) is 2.29. The van der Waals surface area contributed by atoms with E-state index in [9.17, 15) is 4.79 Å². The summed E-state index contributed by atoms with van der Waals surface area (Å²) in [6.07, 6.45) is 0. The molecule has 0 aliphatic heterocycles. The number of carbonyl (C=O) groups is 1. The summed E-state index contributed by atoms with van der Waals surface area (Å²) in [6, 6.07) is 1.51. The summed E-state index contributed by atoms with van der Waals surface area (Å²) < 4.78 is 5.92. The second-order valence-corrected chi connectivity index (χ2v) is 2.17. The predicted octanol–water partition coefficient (Wildman–Crippen LogP) is -0.508. The van der Waals surface area contributed by atoms with Crippen LogP contribution in [0, 0.1) is 0 Å². The average Bonchev–Trinajstić information content (AvgIpc) is 2.45. The molecule has 6 nitrogen and oxygen atoms in total. The number of nitrogens with two attached hydrogens (primary N) is 1. The minimum absolute atomic E-state index is 0.230. The maximum absolute atomic E-state index is 10.9. The van der Waals surface area contributed by atoms with Crippen molar-refractivity contribution in [3.8, 4) is 0 Å².